The summed E-state index contributed by atoms with van der Waals surface area (Å²) in [7, 11) is 0. The first-order chi connectivity index (χ1) is 7.84. The lowest BCUT2D eigenvalue weighted by atomic mass is 9.92. The average molecular weight is 220 g/mol. The molecule has 0 N–H and O–H groups in total. The van der Waals surface area contributed by atoms with Gasteiger partial charge in [-0.3, -0.25) is 0 Å². The minimum Gasteiger partial charge on any atom is -0.353 e. The molecule has 0 amide bonds. The van der Waals surface area contributed by atoms with Crippen LogP contribution in [0.15, 0.2) is 18.2 Å². The molecule has 2 atom stereocenters. The first kappa shape index (κ1) is 10.1. The predicted octanol–water partition coefficient (Wildman–Crippen LogP) is 2.99. The zero-order valence-electron chi connectivity index (χ0n) is 9.40. The third kappa shape index (κ3) is 1.68. The highest BCUT2D eigenvalue weighted by atomic mass is 19.1. The summed E-state index contributed by atoms with van der Waals surface area (Å²) in [5.74, 6) is 1.29. The molecular formula is C13H17FN2. The number of anilines is 1. The number of piperidine rings is 1. The number of aromatic nitrogens is 1. The van der Waals surface area contributed by atoms with E-state index in [1.165, 1.54) is 38.2 Å². The van der Waals surface area contributed by atoms with E-state index in [-0.39, 0.29) is 5.95 Å². The number of rotatable bonds is 1. The maximum atomic E-state index is 13.1. The van der Waals surface area contributed by atoms with Crippen molar-refractivity contribution in [3.8, 4) is 0 Å². The van der Waals surface area contributed by atoms with Gasteiger partial charge in [-0.05, 0) is 43.7 Å². The van der Waals surface area contributed by atoms with Gasteiger partial charge in [-0.25, -0.2) is 4.98 Å². The Morgan fingerprint density at radius 1 is 1.19 bits per heavy atom. The van der Waals surface area contributed by atoms with Gasteiger partial charge >= 0.3 is 0 Å². The standard InChI is InChI=1S/C13H17FN2/c14-12-7-2-8-13(15-12)16-9-3-5-10-4-1-6-11(10)16/h2,7-8,10-11H,1,3-6,9H2. The lowest BCUT2D eigenvalue weighted by Crippen LogP contribution is -2.43. The number of nitrogens with zero attached hydrogens (tertiary/aromatic N) is 2. The Labute approximate surface area is 95.5 Å². The van der Waals surface area contributed by atoms with Crippen molar-refractivity contribution >= 4 is 5.82 Å². The lowest BCUT2D eigenvalue weighted by Gasteiger charge is -2.38. The molecule has 86 valence electrons. The van der Waals surface area contributed by atoms with Gasteiger partial charge < -0.3 is 4.90 Å². The lowest BCUT2D eigenvalue weighted by molar-refractivity contribution is 0.359. The topological polar surface area (TPSA) is 16.1 Å². The van der Waals surface area contributed by atoms with Crippen LogP contribution in [0.25, 0.3) is 0 Å². The average Bonchev–Trinajstić information content (AvgIpc) is 2.76. The summed E-state index contributed by atoms with van der Waals surface area (Å²) in [5.41, 5.74) is 0. The first-order valence-corrected chi connectivity index (χ1v) is 6.24. The van der Waals surface area contributed by atoms with Crippen LogP contribution >= 0.6 is 0 Å². The molecule has 2 aliphatic rings. The third-order valence-electron chi connectivity index (χ3n) is 3.99. The van der Waals surface area contributed by atoms with Gasteiger partial charge in [-0.2, -0.15) is 4.39 Å². The Balaban J connectivity index is 1.88. The molecule has 2 fully saturated rings. The van der Waals surface area contributed by atoms with E-state index < -0.39 is 0 Å². The fourth-order valence-corrected chi connectivity index (χ4v) is 3.30. The molecule has 3 rings (SSSR count). The van der Waals surface area contributed by atoms with E-state index in [4.69, 9.17) is 0 Å². The van der Waals surface area contributed by atoms with Gasteiger partial charge in [0.15, 0.2) is 0 Å². The maximum absolute atomic E-state index is 13.1. The minimum atomic E-state index is -0.363. The highest BCUT2D eigenvalue weighted by molar-refractivity contribution is 5.40. The number of hydrogen-bond donors (Lipinski definition) is 0. The summed E-state index contributed by atoms with van der Waals surface area (Å²) in [6.45, 7) is 1.04. The molecule has 1 aliphatic heterocycles. The van der Waals surface area contributed by atoms with Crippen LogP contribution in [-0.4, -0.2) is 17.6 Å². The van der Waals surface area contributed by atoms with Crippen LogP contribution in [0.3, 0.4) is 0 Å². The summed E-state index contributed by atoms with van der Waals surface area (Å²) in [5, 5.41) is 0. The number of fused-ring (bicyclic) bond motifs is 1. The SMILES string of the molecule is Fc1cccc(N2CCCC3CCCC32)n1. The summed E-state index contributed by atoms with van der Waals surface area (Å²) in [6, 6.07) is 5.72. The van der Waals surface area contributed by atoms with Crippen molar-refractivity contribution in [2.75, 3.05) is 11.4 Å². The highest BCUT2D eigenvalue weighted by Crippen LogP contribution is 2.38. The van der Waals surface area contributed by atoms with E-state index in [0.29, 0.717) is 6.04 Å². The van der Waals surface area contributed by atoms with Crippen LogP contribution < -0.4 is 4.90 Å². The van der Waals surface area contributed by atoms with Crippen molar-refractivity contribution in [2.45, 2.75) is 38.1 Å². The molecule has 16 heavy (non-hydrogen) atoms. The van der Waals surface area contributed by atoms with Crippen molar-refractivity contribution in [2.24, 2.45) is 5.92 Å². The van der Waals surface area contributed by atoms with Crippen molar-refractivity contribution in [3.05, 3.63) is 24.1 Å². The van der Waals surface area contributed by atoms with E-state index in [9.17, 15) is 4.39 Å². The predicted molar refractivity (Wildman–Crippen MR) is 61.9 cm³/mol. The molecule has 1 aromatic rings. The molecule has 1 saturated heterocycles. The molecule has 3 heteroatoms. The highest BCUT2D eigenvalue weighted by Gasteiger charge is 2.35. The Morgan fingerprint density at radius 3 is 2.94 bits per heavy atom. The largest absolute Gasteiger partial charge is 0.353 e. The quantitative estimate of drug-likeness (QED) is 0.676. The second kappa shape index (κ2) is 4.04. The van der Waals surface area contributed by atoms with Crippen LogP contribution in [0.5, 0.6) is 0 Å². The molecule has 2 unspecified atom stereocenters. The second-order valence-electron chi connectivity index (χ2n) is 4.91. The number of halogens is 1. The Hall–Kier alpha value is -1.12. The van der Waals surface area contributed by atoms with Crippen LogP contribution in [0.2, 0.25) is 0 Å². The minimum absolute atomic E-state index is 0.363. The van der Waals surface area contributed by atoms with E-state index >= 15 is 0 Å². The normalized spacial score (nSPS) is 29.2. The van der Waals surface area contributed by atoms with Gasteiger partial charge in [0.05, 0.1) is 0 Å². The van der Waals surface area contributed by atoms with E-state index in [0.717, 1.165) is 18.3 Å². The summed E-state index contributed by atoms with van der Waals surface area (Å²) in [4.78, 5) is 6.34. The second-order valence-corrected chi connectivity index (χ2v) is 4.91. The Morgan fingerprint density at radius 2 is 2.06 bits per heavy atom. The van der Waals surface area contributed by atoms with Crippen LogP contribution in [0.1, 0.15) is 32.1 Å². The van der Waals surface area contributed by atoms with Gasteiger partial charge in [-0.1, -0.05) is 12.5 Å². The smallest absolute Gasteiger partial charge is 0.214 e. The summed E-state index contributed by atoms with van der Waals surface area (Å²) < 4.78 is 13.1. The van der Waals surface area contributed by atoms with Gasteiger partial charge in [0.2, 0.25) is 5.95 Å². The van der Waals surface area contributed by atoms with Gasteiger partial charge in [0.1, 0.15) is 5.82 Å². The molecule has 0 spiro atoms. The van der Waals surface area contributed by atoms with E-state index in [1.807, 2.05) is 6.07 Å². The third-order valence-corrected chi connectivity index (χ3v) is 3.99. The Bertz CT molecular complexity index is 380. The fraction of sp³-hybridized carbons (Fsp3) is 0.615. The first-order valence-electron chi connectivity index (χ1n) is 6.24. The zero-order chi connectivity index (χ0) is 11.0. The molecule has 0 aromatic carbocycles. The van der Waals surface area contributed by atoms with Gasteiger partial charge in [-0.15, -0.1) is 0 Å². The van der Waals surface area contributed by atoms with Crippen molar-refractivity contribution in [3.63, 3.8) is 0 Å². The summed E-state index contributed by atoms with van der Waals surface area (Å²) in [6.07, 6.45) is 6.48. The van der Waals surface area contributed by atoms with Gasteiger partial charge in [0, 0.05) is 12.6 Å². The van der Waals surface area contributed by atoms with Crippen molar-refractivity contribution < 1.29 is 4.39 Å². The van der Waals surface area contributed by atoms with Crippen molar-refractivity contribution in [1.82, 2.24) is 4.98 Å². The molecule has 0 radical (unpaired) electrons. The maximum Gasteiger partial charge on any atom is 0.214 e. The molecule has 1 saturated carbocycles. The Kier molecular flexibility index (Phi) is 2.54. The van der Waals surface area contributed by atoms with Crippen LogP contribution in [-0.2, 0) is 0 Å². The molecule has 0 bridgehead atoms. The van der Waals surface area contributed by atoms with Crippen molar-refractivity contribution in [1.29, 1.82) is 0 Å². The fourth-order valence-electron chi connectivity index (χ4n) is 3.30. The van der Waals surface area contributed by atoms with E-state index in [2.05, 4.69) is 9.88 Å². The molecule has 1 aromatic heterocycles. The van der Waals surface area contributed by atoms with Gasteiger partial charge in [0.25, 0.3) is 0 Å². The zero-order valence-corrected chi connectivity index (χ0v) is 9.40. The van der Waals surface area contributed by atoms with E-state index in [1.54, 1.807) is 6.07 Å². The molecular weight excluding hydrogens is 203 g/mol. The number of pyridine rings is 1. The van der Waals surface area contributed by atoms with Crippen LogP contribution in [0.4, 0.5) is 10.2 Å². The summed E-state index contributed by atoms with van der Waals surface area (Å²) >= 11 is 0. The molecule has 2 heterocycles. The molecule has 1 aliphatic carbocycles. The monoisotopic (exact) mass is 220 g/mol. The van der Waals surface area contributed by atoms with Crippen LogP contribution in [0, 0.1) is 11.9 Å². The molecule has 2 nitrogen and oxygen atoms in total. The number of hydrogen-bond acceptors (Lipinski definition) is 2.